The molecule has 0 unspecified atom stereocenters. The van der Waals surface area contributed by atoms with Crippen molar-refractivity contribution in [3.63, 3.8) is 0 Å². The van der Waals surface area contributed by atoms with Crippen molar-refractivity contribution in [2.24, 2.45) is 5.92 Å². The Balaban J connectivity index is -0.000000540. The summed E-state index contributed by atoms with van der Waals surface area (Å²) >= 11 is 0. The average Bonchev–Trinajstić information content (AvgIpc) is 2.35. The Morgan fingerprint density at radius 1 is 0.789 bits per heavy atom. The Morgan fingerprint density at radius 2 is 1.21 bits per heavy atom. The van der Waals surface area contributed by atoms with E-state index in [0.29, 0.717) is 0 Å². The van der Waals surface area contributed by atoms with Crippen LogP contribution in [0.2, 0.25) is 0 Å². The van der Waals surface area contributed by atoms with E-state index in [9.17, 15) is 14.4 Å². The molecule has 19 heavy (non-hydrogen) atoms. The van der Waals surface area contributed by atoms with Crippen LogP contribution >= 0.6 is 0 Å². The third-order valence-corrected chi connectivity index (χ3v) is 2.93. The third-order valence-electron chi connectivity index (χ3n) is 2.93. The van der Waals surface area contributed by atoms with Crippen molar-refractivity contribution < 1.29 is 18.7 Å². The lowest BCUT2D eigenvalue weighted by molar-refractivity contribution is -0.132. The summed E-state index contributed by atoms with van der Waals surface area (Å²) in [6.45, 7) is 8.49. The molecule has 6 heteroatoms. The summed E-state index contributed by atoms with van der Waals surface area (Å²) in [4.78, 5) is 35.1. The molecule has 0 fully saturated rings. The fourth-order valence-electron chi connectivity index (χ4n) is 1.44. The molecule has 0 aromatic rings. The summed E-state index contributed by atoms with van der Waals surface area (Å²) < 4.78 is 0. The highest BCUT2D eigenvalue weighted by Gasteiger charge is 2.23. The first kappa shape index (κ1) is 17.6. The van der Waals surface area contributed by atoms with Crippen LogP contribution in [0.3, 0.4) is 0 Å². The van der Waals surface area contributed by atoms with Crippen molar-refractivity contribution >= 4 is 17.6 Å². The number of amides is 2. The maximum Gasteiger partial charge on any atom is 0.242 e. The van der Waals surface area contributed by atoms with Gasteiger partial charge in [0, 0.05) is 10.2 Å². The van der Waals surface area contributed by atoms with Gasteiger partial charge in [0.2, 0.25) is 11.8 Å². The molecular weight excluding hydrogens is 246 g/mol. The largest absolute Gasteiger partial charge is 0.345 e. The van der Waals surface area contributed by atoms with Crippen LogP contribution < -0.4 is 16.0 Å². The molecule has 6 nitrogen and oxygen atoms in total. The van der Waals surface area contributed by atoms with Gasteiger partial charge in [-0.25, -0.2) is 0 Å². The first-order valence-electron chi connectivity index (χ1n) is 6.52. The highest BCUT2D eigenvalue weighted by molar-refractivity contribution is 5.93. The zero-order valence-corrected chi connectivity index (χ0v) is 12.5. The van der Waals surface area contributed by atoms with Crippen LogP contribution in [0.1, 0.15) is 38.9 Å². The molecule has 0 aliphatic rings. The van der Waals surface area contributed by atoms with Crippen molar-refractivity contribution in [1.82, 2.24) is 16.0 Å². The van der Waals surface area contributed by atoms with Crippen molar-refractivity contribution in [2.45, 2.75) is 52.7 Å². The number of nitrogens with one attached hydrogen (secondary N) is 3. The summed E-state index contributed by atoms with van der Waals surface area (Å²) in [6.07, 6.45) is 0. The Kier molecular flexibility index (Phi) is 7.29. The van der Waals surface area contributed by atoms with E-state index < -0.39 is 12.1 Å². The van der Waals surface area contributed by atoms with E-state index in [1.54, 1.807) is 41.7 Å². The van der Waals surface area contributed by atoms with Gasteiger partial charge >= 0.3 is 0 Å². The first-order chi connectivity index (χ1) is 8.70. The van der Waals surface area contributed by atoms with Gasteiger partial charge in [0.25, 0.3) is 0 Å². The molecule has 0 heterocycles. The van der Waals surface area contributed by atoms with Gasteiger partial charge in [0.15, 0.2) is 5.78 Å². The van der Waals surface area contributed by atoms with Crippen molar-refractivity contribution in [3.05, 3.63) is 0 Å². The molecule has 3 atom stereocenters. The zero-order chi connectivity index (χ0) is 15.2. The SMILES string of the molecule is CN[C@@H](C)C(=O)N[C@@H](C)C(=O)N[C@@H](C)C(=O)C(C)C.[HH].[HH].[HH]. The van der Waals surface area contributed by atoms with E-state index in [0.717, 1.165) is 0 Å². The summed E-state index contributed by atoms with van der Waals surface area (Å²) in [6, 6.07) is -1.59. The molecule has 0 aliphatic heterocycles. The highest BCUT2D eigenvalue weighted by atomic mass is 16.2. The van der Waals surface area contributed by atoms with Crippen molar-refractivity contribution in [1.29, 1.82) is 0 Å². The quantitative estimate of drug-likeness (QED) is 0.635. The standard InChI is InChI=1S/C13H25N3O3.3H2/c1-7(2)11(17)8(3)15-13(19)10(5)16-12(18)9(4)14-6;;;/h7-10,14H,1-6H3,(H,15,19)(H,16,18);3*1H/t8-,9-,10-;;;/m0.../s1. The van der Waals surface area contributed by atoms with Gasteiger partial charge in [0.1, 0.15) is 6.04 Å². The summed E-state index contributed by atoms with van der Waals surface area (Å²) in [7, 11) is 1.67. The molecule has 0 radical (unpaired) electrons. The normalized spacial score (nSPS) is 15.5. The van der Waals surface area contributed by atoms with Crippen LogP contribution in [-0.2, 0) is 14.4 Å². The van der Waals surface area contributed by atoms with E-state index in [1.807, 2.05) is 0 Å². The molecule has 116 valence electrons. The Morgan fingerprint density at radius 3 is 1.63 bits per heavy atom. The van der Waals surface area contributed by atoms with Crippen LogP contribution in [0.15, 0.2) is 0 Å². The molecular formula is C13H31N3O3. The number of carbonyl (C=O) groups excluding carboxylic acids is 3. The van der Waals surface area contributed by atoms with Crippen molar-refractivity contribution in [2.75, 3.05) is 7.05 Å². The second-order valence-corrected chi connectivity index (χ2v) is 5.03. The zero-order valence-electron chi connectivity index (χ0n) is 12.5. The van der Waals surface area contributed by atoms with Crippen LogP contribution in [0.4, 0.5) is 0 Å². The smallest absolute Gasteiger partial charge is 0.242 e. The lowest BCUT2D eigenvalue weighted by Gasteiger charge is -2.20. The van der Waals surface area contributed by atoms with Crippen LogP contribution in [0, 0.1) is 5.92 Å². The van der Waals surface area contributed by atoms with Gasteiger partial charge in [-0.05, 0) is 27.8 Å². The number of likely N-dealkylation sites (N-methyl/N-ethyl adjacent to an activating group) is 1. The van der Waals surface area contributed by atoms with Gasteiger partial charge in [-0.1, -0.05) is 13.8 Å². The lowest BCUT2D eigenvalue weighted by atomic mass is 10.0. The molecule has 3 N–H and O–H groups in total. The van der Waals surface area contributed by atoms with E-state index in [2.05, 4.69) is 16.0 Å². The number of carbonyl (C=O) groups is 3. The van der Waals surface area contributed by atoms with E-state index in [4.69, 9.17) is 0 Å². The Bertz CT molecular complexity index is 355. The van der Waals surface area contributed by atoms with E-state index in [-0.39, 0.29) is 33.8 Å². The van der Waals surface area contributed by atoms with Gasteiger partial charge in [0.05, 0.1) is 12.1 Å². The second kappa shape index (κ2) is 7.89. The van der Waals surface area contributed by atoms with Gasteiger partial charge in [-0.2, -0.15) is 0 Å². The molecule has 0 aromatic carbocycles. The monoisotopic (exact) mass is 277 g/mol. The molecule has 0 spiro atoms. The molecule has 2 amide bonds. The number of hydrogen-bond acceptors (Lipinski definition) is 4. The van der Waals surface area contributed by atoms with Gasteiger partial charge in [-0.15, -0.1) is 0 Å². The molecule has 0 rings (SSSR count). The summed E-state index contributed by atoms with van der Waals surface area (Å²) in [5.74, 6) is -0.786. The van der Waals surface area contributed by atoms with Crippen LogP contribution in [-0.4, -0.2) is 42.8 Å². The lowest BCUT2D eigenvalue weighted by Crippen LogP contribution is -2.52. The topological polar surface area (TPSA) is 87.3 Å². The fraction of sp³-hybridized carbons (Fsp3) is 0.769. The Hall–Kier alpha value is -1.43. The Labute approximate surface area is 119 Å². The maximum atomic E-state index is 11.8. The van der Waals surface area contributed by atoms with Crippen LogP contribution in [0.25, 0.3) is 0 Å². The second-order valence-electron chi connectivity index (χ2n) is 5.03. The molecule has 0 aromatic heterocycles. The number of Topliss-reactive ketones (excluding diaryl/α,β-unsaturated/α-hetero) is 1. The average molecular weight is 277 g/mol. The summed E-state index contributed by atoms with van der Waals surface area (Å²) in [5.41, 5.74) is 0. The van der Waals surface area contributed by atoms with Crippen LogP contribution in [0.5, 0.6) is 0 Å². The minimum Gasteiger partial charge on any atom is -0.345 e. The van der Waals surface area contributed by atoms with Gasteiger partial charge in [-0.3, -0.25) is 14.4 Å². The number of hydrogen-bond donors (Lipinski definition) is 3. The van der Waals surface area contributed by atoms with E-state index >= 15 is 0 Å². The third kappa shape index (κ3) is 5.83. The fourth-order valence-corrected chi connectivity index (χ4v) is 1.44. The van der Waals surface area contributed by atoms with E-state index in [1.165, 1.54) is 0 Å². The summed E-state index contributed by atoms with van der Waals surface area (Å²) in [5, 5.41) is 7.96. The number of rotatable bonds is 7. The predicted octanol–water partition coefficient (Wildman–Crippen LogP) is 0.567. The highest BCUT2D eigenvalue weighted by Crippen LogP contribution is 1.99. The maximum absolute atomic E-state index is 11.8. The first-order valence-corrected chi connectivity index (χ1v) is 6.52. The molecule has 0 bridgehead atoms. The molecule has 0 saturated carbocycles. The minimum absolute atomic E-state index is 0. The number of ketones is 1. The predicted molar refractivity (Wildman–Crippen MR) is 79.9 cm³/mol. The molecule has 0 saturated heterocycles. The van der Waals surface area contributed by atoms with Crippen molar-refractivity contribution in [3.8, 4) is 0 Å². The van der Waals surface area contributed by atoms with Gasteiger partial charge < -0.3 is 16.0 Å². The minimum atomic E-state index is -0.675. The molecule has 0 aliphatic carbocycles.